The van der Waals surface area contributed by atoms with Crippen LogP contribution in [0.2, 0.25) is 0 Å². The van der Waals surface area contributed by atoms with E-state index in [0.29, 0.717) is 24.4 Å². The number of aromatic nitrogens is 4. The number of benzene rings is 1. The highest BCUT2D eigenvalue weighted by Crippen LogP contribution is 2.14. The highest BCUT2D eigenvalue weighted by atomic mass is 16.5. The molecule has 32 heavy (non-hydrogen) atoms. The summed E-state index contributed by atoms with van der Waals surface area (Å²) in [7, 11) is 1.82. The second-order valence-corrected chi connectivity index (χ2v) is 7.46. The van der Waals surface area contributed by atoms with Gasteiger partial charge in [0.1, 0.15) is 11.4 Å². The van der Waals surface area contributed by atoms with E-state index in [1.165, 1.54) is 6.07 Å². The quantitative estimate of drug-likeness (QED) is 0.489. The van der Waals surface area contributed by atoms with Gasteiger partial charge in [-0.2, -0.15) is 10.2 Å². The summed E-state index contributed by atoms with van der Waals surface area (Å²) < 4.78 is 8.58. The number of rotatable bonds is 10. The summed E-state index contributed by atoms with van der Waals surface area (Å²) in [5.41, 5.74) is 2.51. The first-order valence-electron chi connectivity index (χ1n) is 10.8. The number of anilines is 1. The molecule has 0 aliphatic heterocycles. The Kier molecular flexibility index (Phi) is 8.15. The Labute approximate surface area is 187 Å². The number of nitrogens with one attached hydrogen (secondary N) is 1. The van der Waals surface area contributed by atoms with Crippen molar-refractivity contribution in [3.63, 3.8) is 0 Å². The number of hydrogen-bond donors (Lipinski definition) is 1. The molecular weight excluding hydrogens is 408 g/mol. The molecule has 0 saturated heterocycles. The summed E-state index contributed by atoms with van der Waals surface area (Å²) in [6, 6.07) is 8.82. The molecule has 1 N–H and O–H groups in total. The molecule has 0 atom stereocenters. The number of hydrogen-bond acceptors (Lipinski definition) is 6. The molecule has 0 saturated carbocycles. The van der Waals surface area contributed by atoms with Crippen molar-refractivity contribution in [2.45, 2.75) is 26.7 Å². The van der Waals surface area contributed by atoms with Gasteiger partial charge in [0.05, 0.1) is 19.0 Å². The average Bonchev–Trinajstić information content (AvgIpc) is 3.22. The molecular formula is C23H30N6O3. The van der Waals surface area contributed by atoms with Gasteiger partial charge in [0.15, 0.2) is 0 Å². The predicted molar refractivity (Wildman–Crippen MR) is 123 cm³/mol. The fourth-order valence-electron chi connectivity index (χ4n) is 3.34. The fourth-order valence-corrected chi connectivity index (χ4v) is 3.34. The van der Waals surface area contributed by atoms with Crippen LogP contribution in [-0.4, -0.2) is 56.8 Å². The van der Waals surface area contributed by atoms with E-state index in [1.807, 2.05) is 31.4 Å². The van der Waals surface area contributed by atoms with Crippen molar-refractivity contribution in [1.29, 1.82) is 0 Å². The van der Waals surface area contributed by atoms with E-state index >= 15 is 0 Å². The van der Waals surface area contributed by atoms with Gasteiger partial charge >= 0.3 is 6.09 Å². The molecule has 0 aliphatic rings. The summed E-state index contributed by atoms with van der Waals surface area (Å²) in [6.07, 6.45) is 5.76. The molecule has 3 rings (SSSR count). The zero-order valence-electron chi connectivity index (χ0n) is 18.8. The fraction of sp³-hybridized carbons (Fsp3) is 0.391. The lowest BCUT2D eigenvalue weighted by Gasteiger charge is -2.17. The van der Waals surface area contributed by atoms with Crippen LogP contribution in [0.3, 0.4) is 0 Å². The highest BCUT2D eigenvalue weighted by molar-refractivity contribution is 5.84. The molecule has 1 aromatic carbocycles. The standard InChI is InChI=1S/C23H30N6O3/c1-4-28(5-2)11-7-13-32-23(31)25-19-9-6-8-18(14-19)15-21-22(30)10-12-29(26-21)20-16-24-27(3)17-20/h6,8-10,12,14,16-17H,4-5,7,11,13,15H2,1-3H3,(H,25,31). The maximum absolute atomic E-state index is 12.3. The number of nitrogens with zero attached hydrogens (tertiary/aromatic N) is 5. The number of carbonyl (C=O) groups excluding carboxylic acids is 1. The third-order valence-electron chi connectivity index (χ3n) is 5.13. The maximum atomic E-state index is 12.3. The number of ether oxygens (including phenoxy) is 1. The predicted octanol–water partition coefficient (Wildman–Crippen LogP) is 2.84. The molecule has 1 amide bonds. The number of aryl methyl sites for hydroxylation is 1. The summed E-state index contributed by atoms with van der Waals surface area (Å²) >= 11 is 0. The molecule has 170 valence electrons. The van der Waals surface area contributed by atoms with Crippen molar-refractivity contribution >= 4 is 11.8 Å². The normalized spacial score (nSPS) is 11.0. The first kappa shape index (κ1) is 23.2. The molecule has 0 aliphatic carbocycles. The Morgan fingerprint density at radius 3 is 2.75 bits per heavy atom. The minimum absolute atomic E-state index is 0.142. The third kappa shape index (κ3) is 6.52. The summed E-state index contributed by atoms with van der Waals surface area (Å²) in [5, 5.41) is 11.3. The lowest BCUT2D eigenvalue weighted by atomic mass is 10.1. The molecule has 2 aromatic heterocycles. The van der Waals surface area contributed by atoms with E-state index in [0.717, 1.165) is 37.3 Å². The van der Waals surface area contributed by atoms with Crippen molar-refractivity contribution in [3.8, 4) is 5.69 Å². The van der Waals surface area contributed by atoms with Crippen LogP contribution in [0.4, 0.5) is 10.5 Å². The minimum Gasteiger partial charge on any atom is -0.449 e. The molecule has 9 heteroatoms. The van der Waals surface area contributed by atoms with Gasteiger partial charge in [-0.15, -0.1) is 0 Å². The van der Waals surface area contributed by atoms with Gasteiger partial charge in [0, 0.05) is 38.0 Å². The molecule has 0 spiro atoms. The highest BCUT2D eigenvalue weighted by Gasteiger charge is 2.09. The second-order valence-electron chi connectivity index (χ2n) is 7.46. The molecule has 0 fully saturated rings. The van der Waals surface area contributed by atoms with Gasteiger partial charge in [-0.3, -0.25) is 14.8 Å². The van der Waals surface area contributed by atoms with E-state index in [2.05, 4.69) is 34.3 Å². The zero-order chi connectivity index (χ0) is 22.9. The summed E-state index contributed by atoms with van der Waals surface area (Å²) in [6.45, 7) is 7.46. The monoisotopic (exact) mass is 438 g/mol. The van der Waals surface area contributed by atoms with Crippen LogP contribution in [0, 0.1) is 0 Å². The SMILES string of the molecule is CCN(CC)CCCOC(=O)Nc1cccc(Cc2nn(-c3cnn(C)c3)ccc2=O)c1. The zero-order valence-corrected chi connectivity index (χ0v) is 18.8. The molecule has 0 radical (unpaired) electrons. The van der Waals surface area contributed by atoms with Crippen LogP contribution < -0.4 is 10.7 Å². The van der Waals surface area contributed by atoms with Crippen molar-refractivity contribution in [2.24, 2.45) is 7.05 Å². The lowest BCUT2D eigenvalue weighted by molar-refractivity contribution is 0.153. The lowest BCUT2D eigenvalue weighted by Crippen LogP contribution is -2.25. The molecule has 0 unspecified atom stereocenters. The van der Waals surface area contributed by atoms with Gasteiger partial charge in [0.25, 0.3) is 0 Å². The van der Waals surface area contributed by atoms with Crippen LogP contribution in [0.5, 0.6) is 0 Å². The number of carbonyl (C=O) groups is 1. The molecule has 3 aromatic rings. The van der Waals surface area contributed by atoms with Crippen molar-refractivity contribution in [1.82, 2.24) is 24.5 Å². The molecule has 9 nitrogen and oxygen atoms in total. The Morgan fingerprint density at radius 1 is 1.22 bits per heavy atom. The van der Waals surface area contributed by atoms with E-state index in [-0.39, 0.29) is 5.43 Å². The largest absolute Gasteiger partial charge is 0.449 e. The minimum atomic E-state index is -0.488. The maximum Gasteiger partial charge on any atom is 0.411 e. The Morgan fingerprint density at radius 2 is 2.03 bits per heavy atom. The summed E-state index contributed by atoms with van der Waals surface area (Å²) in [5.74, 6) is 0. The van der Waals surface area contributed by atoms with Gasteiger partial charge < -0.3 is 9.64 Å². The summed E-state index contributed by atoms with van der Waals surface area (Å²) in [4.78, 5) is 26.7. The molecule has 2 heterocycles. The van der Waals surface area contributed by atoms with E-state index in [9.17, 15) is 9.59 Å². The third-order valence-corrected chi connectivity index (χ3v) is 5.13. The van der Waals surface area contributed by atoms with Crippen LogP contribution in [0.25, 0.3) is 5.69 Å². The van der Waals surface area contributed by atoms with Gasteiger partial charge in [-0.05, 0) is 37.2 Å². The second kappa shape index (κ2) is 11.2. The van der Waals surface area contributed by atoms with Crippen LogP contribution in [0.1, 0.15) is 31.5 Å². The van der Waals surface area contributed by atoms with Crippen molar-refractivity contribution < 1.29 is 9.53 Å². The van der Waals surface area contributed by atoms with Gasteiger partial charge in [0.2, 0.25) is 5.43 Å². The first-order chi connectivity index (χ1) is 15.5. The Hall–Kier alpha value is -3.46. The van der Waals surface area contributed by atoms with Crippen LogP contribution >= 0.6 is 0 Å². The number of amides is 1. The van der Waals surface area contributed by atoms with Gasteiger partial charge in [-0.25, -0.2) is 9.48 Å². The van der Waals surface area contributed by atoms with Crippen molar-refractivity contribution in [2.75, 3.05) is 31.6 Å². The van der Waals surface area contributed by atoms with E-state index in [4.69, 9.17) is 4.74 Å². The van der Waals surface area contributed by atoms with E-state index in [1.54, 1.807) is 27.8 Å². The Balaban J connectivity index is 1.59. The van der Waals surface area contributed by atoms with Crippen LogP contribution in [-0.2, 0) is 18.2 Å². The molecule has 0 bridgehead atoms. The van der Waals surface area contributed by atoms with Gasteiger partial charge in [-0.1, -0.05) is 26.0 Å². The van der Waals surface area contributed by atoms with Crippen molar-refractivity contribution in [3.05, 3.63) is 70.4 Å². The smallest absolute Gasteiger partial charge is 0.411 e. The first-order valence-corrected chi connectivity index (χ1v) is 10.8. The average molecular weight is 439 g/mol. The van der Waals surface area contributed by atoms with Crippen LogP contribution in [0.15, 0.2) is 53.7 Å². The topological polar surface area (TPSA) is 94.3 Å². The Bertz CT molecular complexity index is 1090. The van der Waals surface area contributed by atoms with E-state index < -0.39 is 6.09 Å².